The molecule has 0 amide bonds. The first-order chi connectivity index (χ1) is 10.8. The fourth-order valence-electron chi connectivity index (χ4n) is 3.21. The molecule has 3 rings (SSSR count). The number of benzene rings is 1. The first-order valence-corrected chi connectivity index (χ1v) is 7.40. The molecule has 0 bridgehead atoms. The molecular weight excluding hydrogens is 307 g/mol. The van der Waals surface area contributed by atoms with Crippen molar-refractivity contribution in [3.63, 3.8) is 0 Å². The maximum Gasteiger partial charge on any atom is 0.416 e. The molecule has 2 aromatic rings. The fraction of sp³-hybridized carbons (Fsp3) is 0.438. The maximum absolute atomic E-state index is 13.3. The molecule has 124 valence electrons. The summed E-state index contributed by atoms with van der Waals surface area (Å²) in [5.41, 5.74) is 0.506. The number of aliphatic hydroxyl groups is 1. The summed E-state index contributed by atoms with van der Waals surface area (Å²) in [5, 5.41) is 14.0. The minimum absolute atomic E-state index is 0.223. The number of halogens is 3. The van der Waals surface area contributed by atoms with Gasteiger partial charge >= 0.3 is 6.18 Å². The lowest BCUT2D eigenvalue weighted by Gasteiger charge is -2.26. The predicted molar refractivity (Wildman–Crippen MR) is 78.4 cm³/mol. The van der Waals surface area contributed by atoms with Gasteiger partial charge in [-0.3, -0.25) is 9.58 Å². The zero-order valence-electron chi connectivity index (χ0n) is 12.7. The van der Waals surface area contributed by atoms with Gasteiger partial charge in [-0.1, -0.05) is 18.2 Å². The van der Waals surface area contributed by atoms with Crippen LogP contribution in [0.15, 0.2) is 36.7 Å². The van der Waals surface area contributed by atoms with Crippen molar-refractivity contribution < 1.29 is 18.3 Å². The van der Waals surface area contributed by atoms with E-state index in [-0.39, 0.29) is 5.56 Å². The van der Waals surface area contributed by atoms with Crippen LogP contribution >= 0.6 is 0 Å². The molecule has 0 spiro atoms. The largest absolute Gasteiger partial charge is 0.416 e. The second-order valence-electron chi connectivity index (χ2n) is 5.94. The summed E-state index contributed by atoms with van der Waals surface area (Å²) >= 11 is 0. The molecule has 1 aliphatic heterocycles. The Balaban J connectivity index is 1.91. The quantitative estimate of drug-likeness (QED) is 0.943. The lowest BCUT2D eigenvalue weighted by molar-refractivity contribution is -0.138. The van der Waals surface area contributed by atoms with Crippen LogP contribution in [0.1, 0.15) is 29.2 Å². The van der Waals surface area contributed by atoms with E-state index in [1.54, 1.807) is 24.0 Å². The Morgan fingerprint density at radius 2 is 2.04 bits per heavy atom. The number of hydrogen-bond acceptors (Lipinski definition) is 3. The van der Waals surface area contributed by atoms with Gasteiger partial charge in [-0.05, 0) is 18.1 Å². The number of alkyl halides is 3. The van der Waals surface area contributed by atoms with E-state index >= 15 is 0 Å². The van der Waals surface area contributed by atoms with Gasteiger partial charge in [0.05, 0.1) is 17.9 Å². The van der Waals surface area contributed by atoms with Crippen molar-refractivity contribution in [2.75, 3.05) is 6.54 Å². The third-order valence-electron chi connectivity index (χ3n) is 4.15. The maximum atomic E-state index is 13.3. The van der Waals surface area contributed by atoms with Gasteiger partial charge in [-0.15, -0.1) is 0 Å². The zero-order chi connectivity index (χ0) is 16.6. The lowest BCUT2D eigenvalue weighted by atomic mass is 9.97. The van der Waals surface area contributed by atoms with E-state index in [1.165, 1.54) is 12.1 Å². The monoisotopic (exact) mass is 325 g/mol. The Kier molecular flexibility index (Phi) is 4.16. The first-order valence-electron chi connectivity index (χ1n) is 7.40. The van der Waals surface area contributed by atoms with E-state index in [2.05, 4.69) is 5.10 Å². The number of rotatable bonds is 3. The second-order valence-corrected chi connectivity index (χ2v) is 5.94. The number of aliphatic hydroxyl groups excluding tert-OH is 1. The van der Waals surface area contributed by atoms with E-state index in [9.17, 15) is 18.3 Å². The zero-order valence-corrected chi connectivity index (χ0v) is 12.7. The molecule has 0 radical (unpaired) electrons. The van der Waals surface area contributed by atoms with Gasteiger partial charge in [0.15, 0.2) is 0 Å². The SMILES string of the molecule is Cn1cc(CN2C[C@H](O)C[C@@H]2c2ccccc2C(F)(F)F)cn1. The van der Waals surface area contributed by atoms with Crippen LogP contribution in [0.4, 0.5) is 13.2 Å². The average molecular weight is 325 g/mol. The van der Waals surface area contributed by atoms with Crippen LogP contribution in [-0.4, -0.2) is 32.4 Å². The number of β-amino-alcohol motifs (C(OH)–C–C–N with tert-alkyl or cyclic N) is 1. The van der Waals surface area contributed by atoms with E-state index in [0.29, 0.717) is 19.5 Å². The standard InChI is InChI=1S/C16H18F3N3O/c1-21-8-11(7-20-21)9-22-10-12(23)6-15(22)13-4-2-3-5-14(13)16(17,18)19/h2-5,7-8,12,15,23H,6,9-10H2,1H3/t12-,15-/m1/s1. The van der Waals surface area contributed by atoms with Crippen molar-refractivity contribution in [1.82, 2.24) is 14.7 Å². The number of nitrogens with zero attached hydrogens (tertiary/aromatic N) is 3. The summed E-state index contributed by atoms with van der Waals surface area (Å²) in [7, 11) is 1.79. The lowest BCUT2D eigenvalue weighted by Crippen LogP contribution is -2.25. The Hall–Kier alpha value is -1.86. The van der Waals surface area contributed by atoms with Crippen molar-refractivity contribution in [2.45, 2.75) is 31.3 Å². The van der Waals surface area contributed by atoms with Crippen LogP contribution in [0, 0.1) is 0 Å². The molecular formula is C16H18F3N3O. The molecule has 2 heterocycles. The summed E-state index contributed by atoms with van der Waals surface area (Å²) in [6, 6.07) is 5.15. The fourth-order valence-corrected chi connectivity index (χ4v) is 3.21. The van der Waals surface area contributed by atoms with Gasteiger partial charge in [0.25, 0.3) is 0 Å². The highest BCUT2D eigenvalue weighted by Crippen LogP contribution is 2.40. The number of aryl methyl sites for hydroxylation is 1. The summed E-state index contributed by atoms with van der Waals surface area (Å²) in [6.07, 6.45) is -1.20. The molecule has 1 saturated heterocycles. The first kappa shape index (κ1) is 16.0. The number of aromatic nitrogens is 2. The predicted octanol–water partition coefficient (Wildman–Crippen LogP) is 2.75. The van der Waals surface area contributed by atoms with Gasteiger partial charge in [0.1, 0.15) is 0 Å². The van der Waals surface area contributed by atoms with Gasteiger partial charge in [-0.2, -0.15) is 18.3 Å². The molecule has 1 N–H and O–H groups in total. The Morgan fingerprint density at radius 1 is 1.30 bits per heavy atom. The molecule has 2 atom stereocenters. The van der Waals surface area contributed by atoms with Crippen LogP contribution in [0.2, 0.25) is 0 Å². The topological polar surface area (TPSA) is 41.3 Å². The second kappa shape index (κ2) is 5.98. The van der Waals surface area contributed by atoms with Crippen molar-refractivity contribution in [3.8, 4) is 0 Å². The molecule has 4 nitrogen and oxygen atoms in total. The molecule has 1 aromatic carbocycles. The highest BCUT2D eigenvalue weighted by atomic mass is 19.4. The average Bonchev–Trinajstić information content (AvgIpc) is 3.04. The van der Waals surface area contributed by atoms with Gasteiger partial charge in [-0.25, -0.2) is 0 Å². The normalized spacial score (nSPS) is 22.7. The minimum atomic E-state index is -4.40. The summed E-state index contributed by atoms with van der Waals surface area (Å²) in [5.74, 6) is 0. The van der Waals surface area contributed by atoms with E-state index in [1.807, 2.05) is 11.1 Å². The molecule has 7 heteroatoms. The van der Waals surface area contributed by atoms with Crippen molar-refractivity contribution in [1.29, 1.82) is 0 Å². The summed E-state index contributed by atoms with van der Waals surface area (Å²) in [6.45, 7) is 0.813. The van der Waals surface area contributed by atoms with Crippen LogP contribution < -0.4 is 0 Å². The van der Waals surface area contributed by atoms with Crippen molar-refractivity contribution in [3.05, 3.63) is 53.3 Å². The van der Waals surface area contributed by atoms with Gasteiger partial charge in [0, 0.05) is 37.9 Å². The summed E-state index contributed by atoms with van der Waals surface area (Å²) in [4.78, 5) is 1.88. The molecule has 0 saturated carbocycles. The summed E-state index contributed by atoms with van der Waals surface area (Å²) < 4.78 is 41.4. The number of hydrogen-bond donors (Lipinski definition) is 1. The third-order valence-corrected chi connectivity index (χ3v) is 4.15. The van der Waals surface area contributed by atoms with Crippen LogP contribution in [0.25, 0.3) is 0 Å². The van der Waals surface area contributed by atoms with E-state index < -0.39 is 23.9 Å². The van der Waals surface area contributed by atoms with Crippen LogP contribution in [0.3, 0.4) is 0 Å². The molecule has 0 aliphatic carbocycles. The van der Waals surface area contributed by atoms with Gasteiger partial charge in [0.2, 0.25) is 0 Å². The van der Waals surface area contributed by atoms with Crippen molar-refractivity contribution >= 4 is 0 Å². The third kappa shape index (κ3) is 3.40. The molecule has 1 aromatic heterocycles. The van der Waals surface area contributed by atoms with Crippen LogP contribution in [0.5, 0.6) is 0 Å². The Morgan fingerprint density at radius 3 is 2.70 bits per heavy atom. The highest BCUT2D eigenvalue weighted by molar-refractivity contribution is 5.33. The molecule has 23 heavy (non-hydrogen) atoms. The molecule has 1 fully saturated rings. The van der Waals surface area contributed by atoms with E-state index in [0.717, 1.165) is 11.6 Å². The van der Waals surface area contributed by atoms with E-state index in [4.69, 9.17) is 0 Å². The minimum Gasteiger partial charge on any atom is -0.392 e. The molecule has 0 unspecified atom stereocenters. The van der Waals surface area contributed by atoms with Gasteiger partial charge < -0.3 is 5.11 Å². The Bertz CT molecular complexity index is 683. The van der Waals surface area contributed by atoms with Crippen LogP contribution in [-0.2, 0) is 19.8 Å². The number of likely N-dealkylation sites (tertiary alicyclic amines) is 1. The smallest absolute Gasteiger partial charge is 0.392 e. The highest BCUT2D eigenvalue weighted by Gasteiger charge is 2.39. The van der Waals surface area contributed by atoms with Crippen molar-refractivity contribution in [2.24, 2.45) is 7.05 Å². The molecule has 1 aliphatic rings. The Labute approximate surface area is 132 Å².